The molecule has 1 aliphatic rings. The van der Waals surface area contributed by atoms with Crippen LogP contribution in [0.1, 0.15) is 16.1 Å². The Balaban J connectivity index is 0.00000261. The molecular formula is C17H16BrClF2N4O2. The Morgan fingerprint density at radius 1 is 1.37 bits per heavy atom. The second-order valence-electron chi connectivity index (χ2n) is 5.77. The lowest BCUT2D eigenvalue weighted by Gasteiger charge is -2.31. The van der Waals surface area contributed by atoms with Gasteiger partial charge in [-0.1, -0.05) is 0 Å². The van der Waals surface area contributed by atoms with Crippen molar-refractivity contribution in [1.82, 2.24) is 4.98 Å². The molecule has 0 bridgehead atoms. The van der Waals surface area contributed by atoms with E-state index in [0.717, 1.165) is 10.5 Å². The van der Waals surface area contributed by atoms with E-state index in [0.29, 0.717) is 0 Å². The molecule has 1 aromatic heterocycles. The number of nitrogens with zero attached hydrogens (tertiary/aromatic N) is 2. The van der Waals surface area contributed by atoms with Gasteiger partial charge in [0.05, 0.1) is 6.61 Å². The molecule has 27 heavy (non-hydrogen) atoms. The minimum Gasteiger partial charge on any atom is -0.385 e. The predicted octanol–water partition coefficient (Wildman–Crippen LogP) is 3.21. The average Bonchev–Trinajstić information content (AvgIpc) is 2.63. The molecule has 1 unspecified atom stereocenters. The van der Waals surface area contributed by atoms with Crippen LogP contribution in [0, 0.1) is 5.82 Å². The summed E-state index contributed by atoms with van der Waals surface area (Å²) >= 11 is 3.24. The highest BCUT2D eigenvalue weighted by Crippen LogP contribution is 2.33. The van der Waals surface area contributed by atoms with Crippen LogP contribution < -0.4 is 11.1 Å². The lowest BCUT2D eigenvalue weighted by atomic mass is 9.91. The Hall–Kier alpha value is -2.10. The van der Waals surface area contributed by atoms with Gasteiger partial charge in [0.15, 0.2) is 0 Å². The summed E-state index contributed by atoms with van der Waals surface area (Å²) < 4.78 is 34.1. The van der Waals surface area contributed by atoms with Gasteiger partial charge in [0.25, 0.3) is 5.91 Å². The third-order valence-corrected chi connectivity index (χ3v) is 4.32. The van der Waals surface area contributed by atoms with E-state index in [2.05, 4.69) is 31.2 Å². The first-order chi connectivity index (χ1) is 12.4. The fraction of sp³-hybridized carbons (Fsp3) is 0.235. The lowest BCUT2D eigenvalue weighted by Crippen LogP contribution is -2.42. The van der Waals surface area contributed by atoms with Gasteiger partial charge in [-0.15, -0.1) is 12.4 Å². The van der Waals surface area contributed by atoms with Crippen molar-refractivity contribution in [2.45, 2.75) is 5.54 Å². The summed E-state index contributed by atoms with van der Waals surface area (Å²) in [7, 11) is 0. The van der Waals surface area contributed by atoms with Crippen LogP contribution in [0.15, 0.2) is 46.0 Å². The van der Waals surface area contributed by atoms with Crippen LogP contribution in [0.3, 0.4) is 0 Å². The summed E-state index contributed by atoms with van der Waals surface area (Å²) in [6.45, 7) is -1.07. The molecule has 1 amide bonds. The highest BCUT2D eigenvalue weighted by atomic mass is 79.9. The first-order valence-electron chi connectivity index (χ1n) is 7.64. The fourth-order valence-corrected chi connectivity index (χ4v) is 2.84. The Labute approximate surface area is 168 Å². The Morgan fingerprint density at radius 3 is 2.78 bits per heavy atom. The zero-order valence-electron chi connectivity index (χ0n) is 13.9. The number of carbonyl (C=O) groups is 1. The number of amides is 1. The van der Waals surface area contributed by atoms with E-state index >= 15 is 0 Å². The molecule has 0 fully saturated rings. The summed E-state index contributed by atoms with van der Waals surface area (Å²) in [6, 6.07) is 7.05. The molecule has 0 aliphatic carbocycles. The Morgan fingerprint density at radius 2 is 2.15 bits per heavy atom. The number of amidine groups is 1. The van der Waals surface area contributed by atoms with Gasteiger partial charge in [-0.05, 0) is 46.3 Å². The van der Waals surface area contributed by atoms with E-state index in [1.165, 1.54) is 24.4 Å². The summed E-state index contributed by atoms with van der Waals surface area (Å²) in [6.07, 6.45) is 1.49. The number of halogens is 4. The van der Waals surface area contributed by atoms with Crippen molar-refractivity contribution in [2.75, 3.05) is 25.2 Å². The number of alkyl halides is 1. The number of hydrogen-bond donors (Lipinski definition) is 2. The largest absolute Gasteiger partial charge is 0.385 e. The number of aliphatic imine (C=N–C) groups is 1. The number of nitrogens with one attached hydrogen (secondary N) is 1. The van der Waals surface area contributed by atoms with E-state index < -0.39 is 23.9 Å². The molecule has 0 spiro atoms. The summed E-state index contributed by atoms with van der Waals surface area (Å²) in [5.41, 5.74) is 4.49. The molecular weight excluding hydrogens is 446 g/mol. The van der Waals surface area contributed by atoms with Crippen LogP contribution in [-0.2, 0) is 10.3 Å². The van der Waals surface area contributed by atoms with Crippen molar-refractivity contribution in [1.29, 1.82) is 0 Å². The van der Waals surface area contributed by atoms with Crippen molar-refractivity contribution in [3.63, 3.8) is 0 Å². The number of ether oxygens (including phenoxy) is 1. The molecule has 3 rings (SSSR count). The van der Waals surface area contributed by atoms with E-state index in [4.69, 9.17) is 10.5 Å². The maximum absolute atomic E-state index is 14.4. The van der Waals surface area contributed by atoms with Gasteiger partial charge in [-0.3, -0.25) is 9.79 Å². The molecule has 1 aromatic carbocycles. The van der Waals surface area contributed by atoms with Crippen LogP contribution in [0.25, 0.3) is 0 Å². The van der Waals surface area contributed by atoms with E-state index in [1.54, 1.807) is 6.07 Å². The average molecular weight is 462 g/mol. The first-order valence-corrected chi connectivity index (χ1v) is 8.44. The number of pyridine rings is 1. The number of benzene rings is 1. The van der Waals surface area contributed by atoms with Crippen molar-refractivity contribution >= 4 is 45.8 Å². The zero-order chi connectivity index (χ0) is 18.7. The highest BCUT2D eigenvalue weighted by molar-refractivity contribution is 9.10. The van der Waals surface area contributed by atoms with Gasteiger partial charge in [0.2, 0.25) is 0 Å². The van der Waals surface area contributed by atoms with Gasteiger partial charge < -0.3 is 15.8 Å². The molecule has 0 saturated carbocycles. The number of aromatic nitrogens is 1. The zero-order valence-corrected chi connectivity index (χ0v) is 16.3. The van der Waals surface area contributed by atoms with Crippen molar-refractivity contribution in [3.8, 4) is 0 Å². The molecule has 1 atom stereocenters. The SMILES string of the molecule is Cl.NC1=NC(CF)(c2cc(NC(=O)c3ccc(Br)cn3)ccc2F)COC1. The number of hydrogen-bond acceptors (Lipinski definition) is 5. The van der Waals surface area contributed by atoms with Gasteiger partial charge in [0.1, 0.15) is 36.2 Å². The van der Waals surface area contributed by atoms with E-state index in [9.17, 15) is 13.6 Å². The summed E-state index contributed by atoms with van der Waals surface area (Å²) in [5, 5.41) is 2.61. The lowest BCUT2D eigenvalue weighted by molar-refractivity contribution is 0.0809. The predicted molar refractivity (Wildman–Crippen MR) is 104 cm³/mol. The normalized spacial score (nSPS) is 19.0. The van der Waals surface area contributed by atoms with E-state index in [1.807, 2.05) is 0 Å². The van der Waals surface area contributed by atoms with E-state index in [-0.39, 0.29) is 48.4 Å². The number of nitrogens with two attached hydrogens (primary N) is 1. The number of rotatable bonds is 4. The van der Waals surface area contributed by atoms with Crippen molar-refractivity contribution in [2.24, 2.45) is 10.7 Å². The minimum absolute atomic E-state index is 0. The maximum Gasteiger partial charge on any atom is 0.274 e. The van der Waals surface area contributed by atoms with Crippen LogP contribution >= 0.6 is 28.3 Å². The number of anilines is 1. The summed E-state index contributed by atoms with van der Waals surface area (Å²) in [5.74, 6) is -1.06. The molecule has 2 heterocycles. The second kappa shape index (κ2) is 8.73. The van der Waals surface area contributed by atoms with Gasteiger partial charge >= 0.3 is 0 Å². The van der Waals surface area contributed by atoms with Crippen LogP contribution in [-0.4, -0.2) is 36.6 Å². The second-order valence-corrected chi connectivity index (χ2v) is 6.69. The highest BCUT2D eigenvalue weighted by Gasteiger charge is 2.38. The first kappa shape index (κ1) is 21.2. The molecule has 144 valence electrons. The molecule has 6 nitrogen and oxygen atoms in total. The standard InChI is InChI=1S/C17H15BrF2N4O2.ClH/c18-10-1-4-14(22-6-10)16(25)23-11-2-3-13(20)12(5-11)17(8-19)9-26-7-15(21)24-17;/h1-6H,7-9H2,(H2,21,24)(H,23,25);1H. The third kappa shape index (κ3) is 4.60. The van der Waals surface area contributed by atoms with Crippen molar-refractivity contribution < 1.29 is 18.3 Å². The van der Waals surface area contributed by atoms with Gasteiger partial charge in [-0.25, -0.2) is 13.8 Å². The number of carbonyl (C=O) groups excluding carboxylic acids is 1. The van der Waals surface area contributed by atoms with Gasteiger partial charge in [0, 0.05) is 21.9 Å². The van der Waals surface area contributed by atoms with Crippen LogP contribution in [0.2, 0.25) is 0 Å². The molecule has 10 heteroatoms. The molecule has 2 aromatic rings. The topological polar surface area (TPSA) is 89.6 Å². The van der Waals surface area contributed by atoms with Crippen molar-refractivity contribution in [3.05, 3.63) is 58.1 Å². The monoisotopic (exact) mass is 460 g/mol. The molecule has 1 aliphatic heterocycles. The minimum atomic E-state index is -1.57. The third-order valence-electron chi connectivity index (χ3n) is 3.86. The van der Waals surface area contributed by atoms with Crippen LogP contribution in [0.4, 0.5) is 14.5 Å². The Bertz CT molecular complexity index is 867. The smallest absolute Gasteiger partial charge is 0.274 e. The van der Waals surface area contributed by atoms with Gasteiger partial charge in [-0.2, -0.15) is 0 Å². The molecule has 0 saturated heterocycles. The molecule has 0 radical (unpaired) electrons. The van der Waals surface area contributed by atoms with Crippen LogP contribution in [0.5, 0.6) is 0 Å². The summed E-state index contributed by atoms with van der Waals surface area (Å²) in [4.78, 5) is 20.3. The Kier molecular flexibility index (Phi) is 6.85. The molecule has 3 N–H and O–H groups in total. The quantitative estimate of drug-likeness (QED) is 0.732. The maximum atomic E-state index is 14.4. The fourth-order valence-electron chi connectivity index (χ4n) is 2.61.